The molecule has 0 bridgehead atoms. The molecule has 15 heteroatoms. The highest BCUT2D eigenvalue weighted by atomic mass is 19.4. The number of halogens is 13. The number of hydrogen-bond donors (Lipinski definition) is 0. The third-order valence-corrected chi connectivity index (χ3v) is 3.36. The summed E-state index contributed by atoms with van der Waals surface area (Å²) in [5, 5.41) is 0. The Balaban J connectivity index is 5.21. The lowest BCUT2D eigenvalue weighted by atomic mass is 9.96. The Bertz CT molecular complexity index is 524. The van der Waals surface area contributed by atoms with Gasteiger partial charge in [0.2, 0.25) is 0 Å². The Labute approximate surface area is 142 Å². The summed E-state index contributed by atoms with van der Waals surface area (Å²) >= 11 is 0. The standard InChI is InChI=1S/C12H11F13O2/c1-27-6(26)11(21,22)9(17,18)4-2-7(13,14)8(15,16)3-5-10(19,20)12(23,24)25/h2-5H2,1H3. The molecule has 0 saturated heterocycles. The monoisotopic (exact) mass is 434 g/mol. The van der Waals surface area contributed by atoms with Crippen LogP contribution >= 0.6 is 0 Å². The molecule has 0 aromatic rings. The van der Waals surface area contributed by atoms with Gasteiger partial charge in [0.25, 0.3) is 0 Å². The van der Waals surface area contributed by atoms with E-state index >= 15 is 0 Å². The van der Waals surface area contributed by atoms with Crippen LogP contribution in [-0.4, -0.2) is 48.9 Å². The molecule has 0 saturated carbocycles. The molecule has 2 nitrogen and oxygen atoms in total. The van der Waals surface area contributed by atoms with E-state index in [0.29, 0.717) is 0 Å². The van der Waals surface area contributed by atoms with Gasteiger partial charge in [-0.1, -0.05) is 0 Å². The Hall–Kier alpha value is -1.44. The summed E-state index contributed by atoms with van der Waals surface area (Å²) in [5.74, 6) is -31.2. The van der Waals surface area contributed by atoms with Crippen molar-refractivity contribution in [1.82, 2.24) is 0 Å². The molecule has 0 unspecified atom stereocenters. The van der Waals surface area contributed by atoms with Gasteiger partial charge in [0.1, 0.15) is 0 Å². The highest BCUT2D eigenvalue weighted by Gasteiger charge is 2.66. The van der Waals surface area contributed by atoms with Crippen molar-refractivity contribution in [3.05, 3.63) is 0 Å². The SMILES string of the molecule is COC(=O)C(F)(F)C(F)(F)CCC(F)(F)C(F)(F)CCC(F)(F)C(F)(F)F. The summed E-state index contributed by atoms with van der Waals surface area (Å²) in [7, 11) is 0.246. The molecule has 0 fully saturated rings. The van der Waals surface area contributed by atoms with Gasteiger partial charge in [0.05, 0.1) is 7.11 Å². The summed E-state index contributed by atoms with van der Waals surface area (Å²) in [4.78, 5) is 10.5. The zero-order chi connectivity index (χ0) is 22.1. The fourth-order valence-corrected chi connectivity index (χ4v) is 1.57. The van der Waals surface area contributed by atoms with Crippen LogP contribution in [0.1, 0.15) is 25.7 Å². The summed E-state index contributed by atoms with van der Waals surface area (Å²) in [6.45, 7) is 0. The predicted octanol–water partition coefficient (Wildman–Crippen LogP) is 5.46. The van der Waals surface area contributed by atoms with Gasteiger partial charge in [-0.2, -0.15) is 57.1 Å². The van der Waals surface area contributed by atoms with Crippen molar-refractivity contribution in [2.24, 2.45) is 0 Å². The van der Waals surface area contributed by atoms with Crippen LogP contribution < -0.4 is 0 Å². The van der Waals surface area contributed by atoms with E-state index in [1.807, 2.05) is 0 Å². The molecular weight excluding hydrogens is 423 g/mol. The van der Waals surface area contributed by atoms with E-state index in [2.05, 4.69) is 4.74 Å². The van der Waals surface area contributed by atoms with Gasteiger partial charge in [0, 0.05) is 25.7 Å². The molecule has 0 rings (SSSR count). The second kappa shape index (κ2) is 7.53. The van der Waals surface area contributed by atoms with E-state index in [1.54, 1.807) is 0 Å². The normalized spacial score (nSPS) is 15.0. The predicted molar refractivity (Wildman–Crippen MR) is 61.3 cm³/mol. The lowest BCUT2D eigenvalue weighted by Crippen LogP contribution is -2.50. The number of alkyl halides is 13. The van der Waals surface area contributed by atoms with Crippen LogP contribution in [0.25, 0.3) is 0 Å². The van der Waals surface area contributed by atoms with Crippen molar-refractivity contribution in [2.45, 2.75) is 61.5 Å². The second-order valence-corrected chi connectivity index (χ2v) is 5.38. The third kappa shape index (κ3) is 5.53. The fourth-order valence-electron chi connectivity index (χ4n) is 1.57. The van der Waals surface area contributed by atoms with E-state index in [4.69, 9.17) is 0 Å². The van der Waals surface area contributed by atoms with E-state index in [1.165, 1.54) is 0 Å². The van der Waals surface area contributed by atoms with Crippen LogP contribution in [0.5, 0.6) is 0 Å². The summed E-state index contributed by atoms with van der Waals surface area (Å²) in [5.41, 5.74) is 0. The van der Waals surface area contributed by atoms with Crippen molar-refractivity contribution in [3.63, 3.8) is 0 Å². The zero-order valence-corrected chi connectivity index (χ0v) is 13.1. The maximum absolute atomic E-state index is 13.3. The molecule has 0 aromatic carbocycles. The van der Waals surface area contributed by atoms with E-state index in [9.17, 15) is 61.9 Å². The van der Waals surface area contributed by atoms with Crippen molar-refractivity contribution in [2.75, 3.05) is 7.11 Å². The maximum atomic E-state index is 13.3. The first-order valence-electron chi connectivity index (χ1n) is 6.69. The average Bonchev–Trinajstić information content (AvgIpc) is 2.49. The number of carbonyl (C=O) groups is 1. The minimum atomic E-state index is -6.33. The maximum Gasteiger partial charge on any atom is 0.453 e. The third-order valence-electron chi connectivity index (χ3n) is 3.36. The molecule has 0 aliphatic rings. The second-order valence-electron chi connectivity index (χ2n) is 5.38. The number of hydrogen-bond acceptors (Lipinski definition) is 2. The summed E-state index contributed by atoms with van der Waals surface area (Å²) < 4.78 is 169. The number of carbonyl (C=O) groups excluding carboxylic acids is 1. The molecule has 162 valence electrons. The first kappa shape index (κ1) is 25.6. The lowest BCUT2D eigenvalue weighted by molar-refractivity contribution is -0.295. The van der Waals surface area contributed by atoms with Crippen LogP contribution in [0.3, 0.4) is 0 Å². The van der Waals surface area contributed by atoms with Crippen molar-refractivity contribution in [3.8, 4) is 0 Å². The first-order valence-corrected chi connectivity index (χ1v) is 6.69. The Morgan fingerprint density at radius 1 is 0.593 bits per heavy atom. The van der Waals surface area contributed by atoms with Crippen LogP contribution in [0.2, 0.25) is 0 Å². The van der Waals surface area contributed by atoms with Gasteiger partial charge in [-0.3, -0.25) is 0 Å². The summed E-state index contributed by atoms with van der Waals surface area (Å²) in [6, 6.07) is 0. The molecule has 0 aromatic heterocycles. The van der Waals surface area contributed by atoms with E-state index < -0.39 is 67.4 Å². The summed E-state index contributed by atoms with van der Waals surface area (Å²) in [6.07, 6.45) is -17.3. The average molecular weight is 434 g/mol. The topological polar surface area (TPSA) is 26.3 Å². The Kier molecular flexibility index (Phi) is 7.12. The van der Waals surface area contributed by atoms with E-state index in [0.717, 1.165) is 0 Å². The highest BCUT2D eigenvalue weighted by molar-refractivity contribution is 5.78. The van der Waals surface area contributed by atoms with Gasteiger partial charge in [-0.25, -0.2) is 4.79 Å². The van der Waals surface area contributed by atoms with Crippen molar-refractivity contribution in [1.29, 1.82) is 0 Å². The lowest BCUT2D eigenvalue weighted by Gasteiger charge is -2.30. The molecule has 27 heavy (non-hydrogen) atoms. The van der Waals surface area contributed by atoms with Gasteiger partial charge >= 0.3 is 41.8 Å². The number of esters is 1. The smallest absolute Gasteiger partial charge is 0.453 e. The largest absolute Gasteiger partial charge is 0.464 e. The zero-order valence-electron chi connectivity index (χ0n) is 13.1. The van der Waals surface area contributed by atoms with Crippen LogP contribution in [0.15, 0.2) is 0 Å². The van der Waals surface area contributed by atoms with Gasteiger partial charge in [-0.15, -0.1) is 0 Å². The number of methoxy groups -OCH3 is 1. The molecule has 0 radical (unpaired) electrons. The quantitative estimate of drug-likeness (QED) is 0.356. The Morgan fingerprint density at radius 3 is 1.19 bits per heavy atom. The molecule has 0 atom stereocenters. The molecule has 0 N–H and O–H groups in total. The van der Waals surface area contributed by atoms with Crippen LogP contribution in [0.4, 0.5) is 57.1 Å². The van der Waals surface area contributed by atoms with E-state index in [-0.39, 0.29) is 7.11 Å². The molecular formula is C12H11F13O2. The minimum absolute atomic E-state index is 0.246. The molecule has 0 heterocycles. The van der Waals surface area contributed by atoms with Crippen molar-refractivity contribution < 1.29 is 66.6 Å². The highest BCUT2D eigenvalue weighted by Crippen LogP contribution is 2.48. The molecule has 0 amide bonds. The van der Waals surface area contributed by atoms with Crippen molar-refractivity contribution >= 4 is 5.97 Å². The van der Waals surface area contributed by atoms with Gasteiger partial charge < -0.3 is 4.74 Å². The van der Waals surface area contributed by atoms with Crippen LogP contribution in [0, 0.1) is 0 Å². The van der Waals surface area contributed by atoms with Gasteiger partial charge in [0.15, 0.2) is 0 Å². The molecule has 0 aliphatic carbocycles. The first-order chi connectivity index (χ1) is 11.6. The number of ether oxygens (including phenoxy) is 1. The fraction of sp³-hybridized carbons (Fsp3) is 0.917. The minimum Gasteiger partial charge on any atom is -0.464 e. The van der Waals surface area contributed by atoms with Gasteiger partial charge in [-0.05, 0) is 0 Å². The molecule has 0 aliphatic heterocycles. The molecule has 0 spiro atoms. The number of rotatable bonds is 9. The Morgan fingerprint density at radius 2 is 0.889 bits per heavy atom. The van der Waals surface area contributed by atoms with Crippen LogP contribution in [-0.2, 0) is 9.53 Å².